The van der Waals surface area contributed by atoms with Gasteiger partial charge in [-0.2, -0.15) is 13.2 Å². The third-order valence-corrected chi connectivity index (χ3v) is 1.86. The predicted octanol–water partition coefficient (Wildman–Crippen LogP) is 2.53. The van der Waals surface area contributed by atoms with Gasteiger partial charge in [-0.05, 0) is 0 Å². The minimum Gasteiger partial charge on any atom is -0.167 e. The van der Waals surface area contributed by atoms with Gasteiger partial charge in [0.25, 0.3) is 0 Å². The number of alkyl halides is 5. The summed E-state index contributed by atoms with van der Waals surface area (Å²) >= 11 is 10.3. The van der Waals surface area contributed by atoms with E-state index in [2.05, 4.69) is 0 Å². The van der Waals surface area contributed by atoms with E-state index in [-0.39, 0.29) is 15.6 Å². The molecule has 0 aliphatic carbocycles. The first-order valence-electron chi connectivity index (χ1n) is 2.20. The summed E-state index contributed by atoms with van der Waals surface area (Å²) in [4.78, 5) is 0. The van der Waals surface area contributed by atoms with Crippen LogP contribution in [0.2, 0.25) is 0 Å². The highest BCUT2D eigenvalue weighted by atomic mass is 35.5. The maximum absolute atomic E-state index is 11.3. The molecule has 0 aromatic carbocycles. The van der Waals surface area contributed by atoms with Gasteiger partial charge < -0.3 is 0 Å². The molecule has 6 heteroatoms. The average molecular weight is 207 g/mol. The maximum Gasteiger partial charge on any atom is 0.409 e. The van der Waals surface area contributed by atoms with Crippen molar-refractivity contribution in [1.29, 1.82) is 0 Å². The molecule has 0 nitrogen and oxygen atoms in total. The molecule has 58 valence electrons. The van der Waals surface area contributed by atoms with Crippen LogP contribution >= 0.6 is 23.2 Å². The van der Waals surface area contributed by atoms with Crippen molar-refractivity contribution >= 4 is 32.7 Å². The van der Waals surface area contributed by atoms with Gasteiger partial charge >= 0.3 is 6.18 Å². The molecule has 0 bridgehead atoms. The van der Waals surface area contributed by atoms with Crippen molar-refractivity contribution in [3.63, 3.8) is 0 Å². The van der Waals surface area contributed by atoms with Crippen molar-refractivity contribution < 1.29 is 13.2 Å². The summed E-state index contributed by atoms with van der Waals surface area (Å²) < 4.78 is 33.3. The molecule has 0 aliphatic heterocycles. The highest BCUT2D eigenvalue weighted by Gasteiger charge is 2.21. The lowest BCUT2D eigenvalue weighted by molar-refractivity contribution is -0.0796. The third kappa shape index (κ3) is 8.33. The Labute approximate surface area is 68.8 Å². The molecular formula is C4H3Cl2F3Si. The highest BCUT2D eigenvalue weighted by molar-refractivity contribution is 6.71. The van der Waals surface area contributed by atoms with Gasteiger partial charge in [-0.25, -0.2) is 0 Å². The summed E-state index contributed by atoms with van der Waals surface area (Å²) in [6.45, 7) is 0. The van der Waals surface area contributed by atoms with Crippen LogP contribution in [0.3, 0.4) is 0 Å². The van der Waals surface area contributed by atoms with E-state index >= 15 is 0 Å². The van der Waals surface area contributed by atoms with E-state index in [0.29, 0.717) is 0 Å². The van der Waals surface area contributed by atoms with E-state index < -0.39 is 10.6 Å². The van der Waals surface area contributed by atoms with Crippen molar-refractivity contribution in [2.24, 2.45) is 0 Å². The summed E-state index contributed by atoms with van der Waals surface area (Å²) in [6, 6.07) is 0. The van der Waals surface area contributed by atoms with Gasteiger partial charge in [-0.1, -0.05) is 5.70 Å². The van der Waals surface area contributed by atoms with Gasteiger partial charge in [0.1, 0.15) is 9.52 Å². The Morgan fingerprint density at radius 3 is 2.10 bits per heavy atom. The van der Waals surface area contributed by atoms with Crippen LogP contribution in [0.25, 0.3) is 0 Å². The number of hydrogen-bond acceptors (Lipinski definition) is 0. The lowest BCUT2D eigenvalue weighted by atomic mass is 10.6. The molecule has 0 aromatic rings. The van der Waals surface area contributed by atoms with E-state index in [1.54, 1.807) is 0 Å². The zero-order chi connectivity index (χ0) is 8.20. The van der Waals surface area contributed by atoms with Crippen molar-refractivity contribution in [3.05, 3.63) is 11.8 Å². The van der Waals surface area contributed by atoms with Crippen LogP contribution in [-0.4, -0.2) is 20.2 Å². The van der Waals surface area contributed by atoms with Crippen LogP contribution in [0.1, 0.15) is 0 Å². The molecule has 0 unspecified atom stereocenters. The van der Waals surface area contributed by atoms with Crippen LogP contribution in [0.4, 0.5) is 13.2 Å². The average Bonchev–Trinajstić information content (AvgIpc) is 1.59. The SMILES string of the molecule is FC(F)(F)C=C[Si]C(Cl)Cl. The Morgan fingerprint density at radius 1 is 1.30 bits per heavy atom. The molecule has 10 heavy (non-hydrogen) atoms. The van der Waals surface area contributed by atoms with Gasteiger partial charge in [-0.15, -0.1) is 23.2 Å². The largest absolute Gasteiger partial charge is 0.409 e. The second kappa shape index (κ2) is 4.26. The van der Waals surface area contributed by atoms with Crippen LogP contribution in [0, 0.1) is 0 Å². The quantitative estimate of drug-likeness (QED) is 0.482. The smallest absolute Gasteiger partial charge is 0.167 e. The fourth-order valence-electron chi connectivity index (χ4n) is 0.215. The van der Waals surface area contributed by atoms with Gasteiger partial charge in [-0.3, -0.25) is 0 Å². The van der Waals surface area contributed by atoms with Crippen LogP contribution < -0.4 is 0 Å². The molecule has 0 N–H and O–H groups in total. The first-order valence-corrected chi connectivity index (χ1v) is 4.23. The monoisotopic (exact) mass is 206 g/mol. The highest BCUT2D eigenvalue weighted by Crippen LogP contribution is 2.15. The van der Waals surface area contributed by atoms with E-state index in [4.69, 9.17) is 23.2 Å². The summed E-state index contributed by atoms with van der Waals surface area (Å²) in [5, 5.41) is 0. The van der Waals surface area contributed by atoms with E-state index in [1.807, 2.05) is 0 Å². The normalized spacial score (nSPS) is 13.4. The molecule has 0 fully saturated rings. The van der Waals surface area contributed by atoms with Crippen LogP contribution in [0.5, 0.6) is 0 Å². The second-order valence-electron chi connectivity index (χ2n) is 1.34. The molecule has 0 heterocycles. The molecule has 2 radical (unpaired) electrons. The van der Waals surface area contributed by atoms with Gasteiger partial charge in [0, 0.05) is 6.08 Å². The Balaban J connectivity index is 3.57. The zero-order valence-corrected chi connectivity index (χ0v) is 7.13. The fraction of sp³-hybridized carbons (Fsp3) is 0.500. The second-order valence-corrected chi connectivity index (χ2v) is 4.41. The maximum atomic E-state index is 11.3. The number of allylic oxidation sites excluding steroid dienone is 1. The zero-order valence-electron chi connectivity index (χ0n) is 4.62. The molecule has 0 amide bonds. The minimum atomic E-state index is -4.25. The Bertz CT molecular complexity index is 120. The Morgan fingerprint density at radius 2 is 1.80 bits per heavy atom. The summed E-state index contributed by atoms with van der Waals surface area (Å²) in [7, 11) is -0.207. The summed E-state index contributed by atoms with van der Waals surface area (Å²) in [5.74, 6) is 0. The fourth-order valence-corrected chi connectivity index (χ4v) is 1.08. The molecule has 0 atom stereocenters. The Hall–Kier alpha value is 0.327. The molecule has 0 saturated heterocycles. The molecule has 0 aromatic heterocycles. The van der Waals surface area contributed by atoms with Gasteiger partial charge in [0.05, 0.1) is 4.46 Å². The van der Waals surface area contributed by atoms with Gasteiger partial charge in [0.2, 0.25) is 0 Å². The van der Waals surface area contributed by atoms with Crippen molar-refractivity contribution in [1.82, 2.24) is 0 Å². The van der Waals surface area contributed by atoms with Crippen molar-refractivity contribution in [3.8, 4) is 0 Å². The molecular weight excluding hydrogens is 204 g/mol. The lowest BCUT2D eigenvalue weighted by Gasteiger charge is -1.96. The first kappa shape index (κ1) is 10.3. The number of halogens is 5. The lowest BCUT2D eigenvalue weighted by Crippen LogP contribution is -2.04. The van der Waals surface area contributed by atoms with Crippen molar-refractivity contribution in [2.45, 2.75) is 10.6 Å². The standard InChI is InChI=1S/C4H3Cl2F3Si/c5-3(6)10-2-1-4(7,8)9/h1-3H. The molecule has 0 aliphatic rings. The molecule has 0 saturated carbocycles. The molecule has 0 spiro atoms. The number of hydrogen-bond donors (Lipinski definition) is 0. The number of rotatable bonds is 2. The molecule has 0 rings (SSSR count). The van der Waals surface area contributed by atoms with Crippen LogP contribution in [0.15, 0.2) is 11.8 Å². The Kier molecular flexibility index (Phi) is 4.40. The summed E-state index contributed by atoms with van der Waals surface area (Å²) in [6.07, 6.45) is -4.13. The van der Waals surface area contributed by atoms with E-state index in [0.717, 1.165) is 5.70 Å². The van der Waals surface area contributed by atoms with E-state index in [9.17, 15) is 13.2 Å². The third-order valence-electron chi connectivity index (χ3n) is 0.495. The predicted molar refractivity (Wildman–Crippen MR) is 36.4 cm³/mol. The topological polar surface area (TPSA) is 0 Å². The van der Waals surface area contributed by atoms with Crippen molar-refractivity contribution in [2.75, 3.05) is 0 Å². The minimum absolute atomic E-state index is 0.128. The van der Waals surface area contributed by atoms with E-state index in [1.165, 1.54) is 0 Å². The first-order chi connectivity index (χ1) is 4.42. The summed E-state index contributed by atoms with van der Waals surface area (Å²) in [5.41, 5.74) is 0.921. The van der Waals surface area contributed by atoms with Crippen LogP contribution in [-0.2, 0) is 0 Å². The van der Waals surface area contributed by atoms with Gasteiger partial charge in [0.15, 0.2) is 0 Å².